The largest absolute Gasteiger partial charge is 0.353 e. The van der Waals surface area contributed by atoms with Crippen molar-refractivity contribution in [1.29, 1.82) is 0 Å². The first-order valence-electron chi connectivity index (χ1n) is 10.2. The number of carbonyl (C=O) groups is 1. The molecule has 0 spiro atoms. The second-order valence-corrected chi connectivity index (χ2v) is 9.00. The molecule has 0 fully saturated rings. The lowest BCUT2D eigenvalue weighted by Crippen LogP contribution is -2.34. The van der Waals surface area contributed by atoms with Gasteiger partial charge in [0.05, 0.1) is 16.7 Å². The Hall–Kier alpha value is -2.34. The first-order valence-corrected chi connectivity index (χ1v) is 11.2. The van der Waals surface area contributed by atoms with Crippen molar-refractivity contribution in [1.82, 2.24) is 14.9 Å². The molecular formula is C23H29N3O2S. The highest BCUT2D eigenvalue weighted by Gasteiger charge is 2.13. The SMILES string of the molecule is CC(C)CCC[C@H](C)NC(=O)CSc1nc2cc3ccccc3cc2c(=O)n1C. The van der Waals surface area contributed by atoms with Crippen LogP contribution in [0.3, 0.4) is 0 Å². The van der Waals surface area contributed by atoms with Gasteiger partial charge in [-0.25, -0.2) is 4.98 Å². The van der Waals surface area contributed by atoms with Crippen LogP contribution in [0.2, 0.25) is 0 Å². The van der Waals surface area contributed by atoms with Crippen molar-refractivity contribution < 1.29 is 4.79 Å². The van der Waals surface area contributed by atoms with Crippen molar-refractivity contribution >= 4 is 39.3 Å². The lowest BCUT2D eigenvalue weighted by Gasteiger charge is -2.15. The van der Waals surface area contributed by atoms with Gasteiger partial charge in [0, 0.05) is 13.1 Å². The Balaban J connectivity index is 1.70. The van der Waals surface area contributed by atoms with Crippen LogP contribution in [0.5, 0.6) is 0 Å². The van der Waals surface area contributed by atoms with E-state index in [0.29, 0.717) is 22.0 Å². The Kier molecular flexibility index (Phi) is 6.96. The van der Waals surface area contributed by atoms with Gasteiger partial charge in [-0.05, 0) is 42.2 Å². The minimum absolute atomic E-state index is 0.0279. The fourth-order valence-corrected chi connectivity index (χ4v) is 4.20. The summed E-state index contributed by atoms with van der Waals surface area (Å²) in [5.41, 5.74) is 0.572. The van der Waals surface area contributed by atoms with Crippen LogP contribution in [0.1, 0.15) is 40.0 Å². The Morgan fingerprint density at radius 3 is 2.52 bits per heavy atom. The topological polar surface area (TPSA) is 64.0 Å². The molecule has 0 aliphatic rings. The molecular weight excluding hydrogens is 382 g/mol. The standard InChI is InChI=1S/C23H29N3O2S/c1-15(2)8-7-9-16(3)24-21(27)14-29-23-25-20-13-18-11-6-5-10-17(18)12-19(20)22(28)26(23)4/h5-6,10-13,15-16H,7-9,14H2,1-4H3,(H,24,27)/t16-/m0/s1. The molecule has 1 heterocycles. The van der Waals surface area contributed by atoms with Gasteiger partial charge in [-0.3, -0.25) is 14.2 Å². The van der Waals surface area contributed by atoms with Gasteiger partial charge in [-0.2, -0.15) is 0 Å². The van der Waals surface area contributed by atoms with Crippen LogP contribution in [0, 0.1) is 5.92 Å². The number of thioether (sulfide) groups is 1. The van der Waals surface area contributed by atoms with Gasteiger partial charge in [0.25, 0.3) is 5.56 Å². The molecule has 2 aromatic carbocycles. The quantitative estimate of drug-likeness (QED) is 0.336. The van der Waals surface area contributed by atoms with Crippen molar-refractivity contribution in [2.24, 2.45) is 13.0 Å². The molecule has 0 bridgehead atoms. The zero-order valence-electron chi connectivity index (χ0n) is 17.6. The van der Waals surface area contributed by atoms with Gasteiger partial charge in [0.15, 0.2) is 5.16 Å². The minimum atomic E-state index is -0.0919. The van der Waals surface area contributed by atoms with Crippen LogP contribution in [0.4, 0.5) is 0 Å². The average molecular weight is 412 g/mol. The van der Waals surface area contributed by atoms with Crippen LogP contribution >= 0.6 is 11.8 Å². The van der Waals surface area contributed by atoms with Gasteiger partial charge >= 0.3 is 0 Å². The molecule has 6 heteroatoms. The highest BCUT2D eigenvalue weighted by Crippen LogP contribution is 2.22. The molecule has 0 aliphatic carbocycles. The van der Waals surface area contributed by atoms with Gasteiger partial charge < -0.3 is 5.32 Å². The summed E-state index contributed by atoms with van der Waals surface area (Å²) in [6.07, 6.45) is 3.27. The van der Waals surface area contributed by atoms with Crippen LogP contribution < -0.4 is 10.9 Å². The summed E-state index contributed by atoms with van der Waals surface area (Å²) in [6.45, 7) is 6.46. The van der Waals surface area contributed by atoms with Crippen LogP contribution in [0.25, 0.3) is 21.7 Å². The molecule has 1 amide bonds. The molecule has 0 radical (unpaired) electrons. The maximum absolute atomic E-state index is 12.8. The van der Waals surface area contributed by atoms with Crippen LogP contribution in [-0.4, -0.2) is 27.3 Å². The van der Waals surface area contributed by atoms with E-state index in [0.717, 1.165) is 23.6 Å². The molecule has 29 heavy (non-hydrogen) atoms. The molecule has 1 aromatic heterocycles. The number of fused-ring (bicyclic) bond motifs is 2. The third kappa shape index (κ3) is 5.38. The van der Waals surface area contributed by atoms with Gasteiger partial charge in [-0.15, -0.1) is 0 Å². The summed E-state index contributed by atoms with van der Waals surface area (Å²) in [5, 5.41) is 6.26. The van der Waals surface area contributed by atoms with Gasteiger partial charge in [0.1, 0.15) is 0 Å². The normalized spacial score (nSPS) is 12.6. The smallest absolute Gasteiger partial charge is 0.261 e. The number of amides is 1. The van der Waals surface area contributed by atoms with E-state index in [4.69, 9.17) is 0 Å². The number of nitrogens with zero attached hydrogens (tertiary/aromatic N) is 2. The molecule has 0 aliphatic heterocycles. The van der Waals surface area contributed by atoms with Crippen molar-refractivity contribution in [3.05, 3.63) is 46.8 Å². The fraction of sp³-hybridized carbons (Fsp3) is 0.435. The predicted molar refractivity (Wildman–Crippen MR) is 122 cm³/mol. The molecule has 0 saturated carbocycles. The Morgan fingerprint density at radius 1 is 1.14 bits per heavy atom. The fourth-order valence-electron chi connectivity index (χ4n) is 3.42. The molecule has 1 N–H and O–H groups in total. The van der Waals surface area contributed by atoms with E-state index in [2.05, 4.69) is 24.1 Å². The number of aromatic nitrogens is 2. The van der Waals surface area contributed by atoms with Gasteiger partial charge in [0.2, 0.25) is 5.91 Å². The maximum atomic E-state index is 12.8. The number of benzene rings is 2. The molecule has 5 nitrogen and oxygen atoms in total. The zero-order valence-corrected chi connectivity index (χ0v) is 18.4. The van der Waals surface area contributed by atoms with E-state index in [1.165, 1.54) is 22.7 Å². The molecule has 0 saturated heterocycles. The second-order valence-electron chi connectivity index (χ2n) is 8.06. The number of nitrogens with one attached hydrogen (secondary N) is 1. The second kappa shape index (κ2) is 9.44. The summed E-state index contributed by atoms with van der Waals surface area (Å²) in [6, 6.07) is 11.9. The average Bonchev–Trinajstić information content (AvgIpc) is 2.68. The predicted octanol–water partition coefficient (Wildman–Crippen LogP) is 4.51. The number of hydrogen-bond acceptors (Lipinski definition) is 4. The van der Waals surface area contributed by atoms with E-state index in [-0.39, 0.29) is 23.3 Å². The Bertz CT molecular complexity index is 1070. The number of hydrogen-bond donors (Lipinski definition) is 1. The van der Waals surface area contributed by atoms with Gasteiger partial charge in [-0.1, -0.05) is 62.7 Å². The van der Waals surface area contributed by atoms with Crippen molar-refractivity contribution in [3.8, 4) is 0 Å². The first kappa shape index (κ1) is 21.4. The van der Waals surface area contributed by atoms with Crippen molar-refractivity contribution in [3.63, 3.8) is 0 Å². The lowest BCUT2D eigenvalue weighted by atomic mass is 10.0. The Morgan fingerprint density at radius 2 is 1.83 bits per heavy atom. The van der Waals surface area contributed by atoms with Crippen LogP contribution in [-0.2, 0) is 11.8 Å². The van der Waals surface area contributed by atoms with Crippen LogP contribution in [0.15, 0.2) is 46.3 Å². The third-order valence-corrected chi connectivity index (χ3v) is 6.09. The number of carbonyl (C=O) groups excluding carboxylic acids is 1. The van der Waals surface area contributed by atoms with E-state index in [1.807, 2.05) is 43.3 Å². The highest BCUT2D eigenvalue weighted by molar-refractivity contribution is 7.99. The van der Waals surface area contributed by atoms with E-state index in [1.54, 1.807) is 7.05 Å². The molecule has 3 aromatic rings. The minimum Gasteiger partial charge on any atom is -0.353 e. The summed E-state index contributed by atoms with van der Waals surface area (Å²) in [5.74, 6) is 0.902. The molecule has 1 atom stereocenters. The third-order valence-electron chi connectivity index (χ3n) is 5.06. The number of rotatable bonds is 8. The first-order chi connectivity index (χ1) is 13.8. The molecule has 0 unspecified atom stereocenters. The molecule has 154 valence electrons. The van der Waals surface area contributed by atoms with E-state index < -0.39 is 0 Å². The maximum Gasteiger partial charge on any atom is 0.261 e. The molecule has 3 rings (SSSR count). The van der Waals surface area contributed by atoms with E-state index >= 15 is 0 Å². The summed E-state index contributed by atoms with van der Waals surface area (Å²) < 4.78 is 1.53. The zero-order chi connectivity index (χ0) is 21.0. The monoisotopic (exact) mass is 411 g/mol. The summed E-state index contributed by atoms with van der Waals surface area (Å²) in [7, 11) is 1.71. The van der Waals surface area contributed by atoms with Crippen molar-refractivity contribution in [2.45, 2.75) is 51.2 Å². The summed E-state index contributed by atoms with van der Waals surface area (Å²) >= 11 is 1.30. The van der Waals surface area contributed by atoms with Crippen molar-refractivity contribution in [2.75, 3.05) is 5.75 Å². The van der Waals surface area contributed by atoms with E-state index in [9.17, 15) is 9.59 Å². The Labute approximate surface area is 175 Å². The lowest BCUT2D eigenvalue weighted by molar-refractivity contribution is -0.119. The highest BCUT2D eigenvalue weighted by atomic mass is 32.2. The summed E-state index contributed by atoms with van der Waals surface area (Å²) in [4.78, 5) is 29.8.